The van der Waals surface area contributed by atoms with Gasteiger partial charge in [-0.3, -0.25) is 0 Å². The number of hydrogen-bond donors (Lipinski definition) is 0. The van der Waals surface area contributed by atoms with Crippen LogP contribution in [0.1, 0.15) is 5.89 Å². The molecule has 0 spiro atoms. The fraction of sp³-hybridized carbons (Fsp3) is 0.125. The number of hydrogen-bond acceptors (Lipinski definition) is 9. The van der Waals surface area contributed by atoms with E-state index in [2.05, 4.69) is 20.1 Å². The Bertz CT molecular complexity index is 1030. The highest BCUT2D eigenvalue weighted by atomic mass is 32.2. The third-order valence-corrected chi connectivity index (χ3v) is 5.67. The molecule has 0 unspecified atom stereocenters. The van der Waals surface area contributed by atoms with E-state index in [4.69, 9.17) is 14.0 Å². The first kappa shape index (κ1) is 14.7. The summed E-state index contributed by atoms with van der Waals surface area (Å²) >= 11 is 3.11. The van der Waals surface area contributed by atoms with Crippen molar-refractivity contribution in [2.45, 2.75) is 10.1 Å². The molecule has 25 heavy (non-hydrogen) atoms. The molecule has 0 atom stereocenters. The standard InChI is InChI=1S/C16H10N4O3S2/c1-2-10-15(17-5-1)25-16(18-10)24-7-13-19-14(20-23-13)9-3-4-11-12(6-9)22-8-21-11/h1-6H,7-8H2. The SMILES string of the molecule is c1cnc2sc(SCc3nc(-c4ccc5c(c4)OCO5)no3)nc2c1. The van der Waals surface area contributed by atoms with E-state index >= 15 is 0 Å². The van der Waals surface area contributed by atoms with Gasteiger partial charge >= 0.3 is 0 Å². The molecule has 1 aliphatic rings. The van der Waals surface area contributed by atoms with Gasteiger partial charge in [-0.05, 0) is 30.3 Å². The molecule has 4 aromatic rings. The molecule has 7 nitrogen and oxygen atoms in total. The van der Waals surface area contributed by atoms with Gasteiger partial charge in [0.15, 0.2) is 15.8 Å². The molecule has 0 N–H and O–H groups in total. The molecule has 0 saturated carbocycles. The van der Waals surface area contributed by atoms with Crippen molar-refractivity contribution in [3.8, 4) is 22.9 Å². The second-order valence-electron chi connectivity index (χ2n) is 5.18. The predicted octanol–water partition coefficient (Wildman–Crippen LogP) is 3.76. The van der Waals surface area contributed by atoms with Gasteiger partial charge in [0.1, 0.15) is 10.3 Å². The van der Waals surface area contributed by atoms with Gasteiger partial charge < -0.3 is 14.0 Å². The van der Waals surface area contributed by atoms with Gasteiger partial charge in [-0.25, -0.2) is 9.97 Å². The van der Waals surface area contributed by atoms with Gasteiger partial charge in [-0.1, -0.05) is 28.3 Å². The van der Waals surface area contributed by atoms with Crippen molar-refractivity contribution in [3.05, 3.63) is 42.4 Å². The number of nitrogens with zero attached hydrogens (tertiary/aromatic N) is 4. The van der Waals surface area contributed by atoms with Gasteiger partial charge in [0, 0.05) is 11.8 Å². The van der Waals surface area contributed by atoms with Crippen LogP contribution in [-0.2, 0) is 5.75 Å². The van der Waals surface area contributed by atoms with Crippen LogP contribution in [0.4, 0.5) is 0 Å². The Labute approximate surface area is 150 Å². The topological polar surface area (TPSA) is 83.2 Å². The monoisotopic (exact) mass is 370 g/mol. The summed E-state index contributed by atoms with van der Waals surface area (Å²) in [5.74, 6) is 3.05. The van der Waals surface area contributed by atoms with Gasteiger partial charge in [-0.2, -0.15) is 4.98 Å². The van der Waals surface area contributed by atoms with Gasteiger partial charge in [0.2, 0.25) is 18.5 Å². The fourth-order valence-electron chi connectivity index (χ4n) is 2.40. The third kappa shape index (κ3) is 2.81. The number of rotatable bonds is 4. The van der Waals surface area contributed by atoms with Crippen LogP contribution in [0.5, 0.6) is 11.5 Å². The summed E-state index contributed by atoms with van der Waals surface area (Å²) in [7, 11) is 0. The second kappa shape index (κ2) is 6.01. The Morgan fingerprint density at radius 1 is 1.12 bits per heavy atom. The van der Waals surface area contributed by atoms with Crippen molar-refractivity contribution in [2.75, 3.05) is 6.79 Å². The van der Waals surface area contributed by atoms with E-state index in [0.717, 1.165) is 26.0 Å². The predicted molar refractivity (Wildman–Crippen MR) is 92.8 cm³/mol. The van der Waals surface area contributed by atoms with Crippen LogP contribution in [0.25, 0.3) is 21.7 Å². The quantitative estimate of drug-likeness (QED) is 0.502. The Hall–Kier alpha value is -2.65. The molecule has 9 heteroatoms. The number of thiazole rings is 1. The first-order valence-corrected chi connectivity index (χ1v) is 9.22. The van der Waals surface area contributed by atoms with E-state index < -0.39 is 0 Å². The molecule has 0 aliphatic carbocycles. The van der Waals surface area contributed by atoms with Crippen LogP contribution < -0.4 is 9.47 Å². The highest BCUT2D eigenvalue weighted by Crippen LogP contribution is 2.35. The largest absolute Gasteiger partial charge is 0.454 e. The average molecular weight is 370 g/mol. The van der Waals surface area contributed by atoms with Crippen LogP contribution in [-0.4, -0.2) is 26.9 Å². The van der Waals surface area contributed by atoms with Crippen LogP contribution in [0, 0.1) is 0 Å². The maximum Gasteiger partial charge on any atom is 0.237 e. The molecule has 0 bridgehead atoms. The zero-order valence-corrected chi connectivity index (χ0v) is 14.3. The third-order valence-electron chi connectivity index (χ3n) is 3.56. The molecule has 5 rings (SSSR count). The molecule has 0 amide bonds. The number of benzene rings is 1. The first-order chi connectivity index (χ1) is 12.3. The Morgan fingerprint density at radius 2 is 2.08 bits per heavy atom. The lowest BCUT2D eigenvalue weighted by atomic mass is 10.2. The summed E-state index contributed by atoms with van der Waals surface area (Å²) in [5, 5.41) is 4.04. The summed E-state index contributed by atoms with van der Waals surface area (Å²) in [6, 6.07) is 9.41. The molecule has 0 saturated heterocycles. The van der Waals surface area contributed by atoms with E-state index in [-0.39, 0.29) is 6.79 Å². The van der Waals surface area contributed by atoms with Crippen LogP contribution in [0.15, 0.2) is 45.4 Å². The Kier molecular flexibility index (Phi) is 3.53. The average Bonchev–Trinajstić information content (AvgIpc) is 3.37. The number of thioether (sulfide) groups is 1. The molecule has 1 aliphatic heterocycles. The van der Waals surface area contributed by atoms with Gasteiger partial charge in [-0.15, -0.1) is 0 Å². The minimum Gasteiger partial charge on any atom is -0.454 e. The lowest BCUT2D eigenvalue weighted by molar-refractivity contribution is 0.174. The summed E-state index contributed by atoms with van der Waals surface area (Å²) in [4.78, 5) is 14.2. The van der Waals surface area contributed by atoms with Crippen molar-refractivity contribution in [1.82, 2.24) is 20.1 Å². The Morgan fingerprint density at radius 3 is 3.04 bits per heavy atom. The maximum absolute atomic E-state index is 5.38. The summed E-state index contributed by atoms with van der Waals surface area (Å²) < 4.78 is 17.0. The van der Waals surface area contributed by atoms with Crippen LogP contribution >= 0.6 is 23.1 Å². The molecule has 3 aromatic heterocycles. The molecule has 4 heterocycles. The first-order valence-electron chi connectivity index (χ1n) is 7.42. The highest BCUT2D eigenvalue weighted by Gasteiger charge is 2.17. The van der Waals surface area contributed by atoms with Crippen molar-refractivity contribution in [1.29, 1.82) is 0 Å². The lowest BCUT2D eigenvalue weighted by Crippen LogP contribution is -1.92. The summed E-state index contributed by atoms with van der Waals surface area (Å²) in [5.41, 5.74) is 1.73. The van der Waals surface area contributed by atoms with Gasteiger partial charge in [0.25, 0.3) is 0 Å². The van der Waals surface area contributed by atoms with Crippen LogP contribution in [0.2, 0.25) is 0 Å². The van der Waals surface area contributed by atoms with Gasteiger partial charge in [0.05, 0.1) is 5.75 Å². The smallest absolute Gasteiger partial charge is 0.237 e. The highest BCUT2D eigenvalue weighted by molar-refractivity contribution is 8.00. The van der Waals surface area contributed by atoms with Crippen molar-refractivity contribution < 1.29 is 14.0 Å². The lowest BCUT2D eigenvalue weighted by Gasteiger charge is -1.97. The molecular formula is C16H10N4O3S2. The summed E-state index contributed by atoms with van der Waals surface area (Å²) in [6.45, 7) is 0.240. The van der Waals surface area contributed by atoms with Crippen molar-refractivity contribution in [2.24, 2.45) is 0 Å². The molecular weight excluding hydrogens is 360 g/mol. The second-order valence-corrected chi connectivity index (χ2v) is 7.38. The summed E-state index contributed by atoms with van der Waals surface area (Å²) in [6.07, 6.45) is 1.77. The minimum absolute atomic E-state index is 0.240. The van der Waals surface area contributed by atoms with Crippen molar-refractivity contribution in [3.63, 3.8) is 0 Å². The zero-order chi connectivity index (χ0) is 16.6. The van der Waals surface area contributed by atoms with E-state index in [9.17, 15) is 0 Å². The zero-order valence-electron chi connectivity index (χ0n) is 12.7. The molecule has 0 radical (unpaired) electrons. The number of fused-ring (bicyclic) bond motifs is 2. The minimum atomic E-state index is 0.240. The van der Waals surface area contributed by atoms with E-state index in [1.807, 2.05) is 30.3 Å². The fourth-order valence-corrected chi connectivity index (χ4v) is 4.22. The number of pyridine rings is 1. The number of aromatic nitrogens is 4. The molecule has 124 valence electrons. The van der Waals surface area contributed by atoms with Crippen molar-refractivity contribution >= 4 is 33.4 Å². The van der Waals surface area contributed by atoms with Crippen LogP contribution in [0.3, 0.4) is 0 Å². The van der Waals surface area contributed by atoms with E-state index in [1.165, 1.54) is 0 Å². The van der Waals surface area contributed by atoms with E-state index in [1.54, 1.807) is 29.3 Å². The normalized spacial score (nSPS) is 12.8. The number of ether oxygens (including phenoxy) is 2. The Balaban J connectivity index is 1.32. The van der Waals surface area contributed by atoms with E-state index in [0.29, 0.717) is 23.2 Å². The maximum atomic E-state index is 5.38. The molecule has 0 fully saturated rings. The molecule has 1 aromatic carbocycles.